The highest BCUT2D eigenvalue weighted by Gasteiger charge is 2.16. The number of aryl methyl sites for hydroxylation is 1. The summed E-state index contributed by atoms with van der Waals surface area (Å²) in [4.78, 5) is 11.2. The van der Waals surface area contributed by atoms with Gasteiger partial charge in [-0.1, -0.05) is 11.6 Å². The summed E-state index contributed by atoms with van der Waals surface area (Å²) >= 11 is 5.99. The van der Waals surface area contributed by atoms with Crippen molar-refractivity contribution in [2.75, 3.05) is 13.7 Å². The molecule has 0 saturated heterocycles. The van der Waals surface area contributed by atoms with Crippen LogP contribution in [0.3, 0.4) is 0 Å². The van der Waals surface area contributed by atoms with Crippen LogP contribution < -0.4 is 0 Å². The summed E-state index contributed by atoms with van der Waals surface area (Å²) < 4.78 is 6.93. The Morgan fingerprint density at radius 3 is 2.83 bits per heavy atom. The van der Waals surface area contributed by atoms with E-state index in [1.807, 2.05) is 17.6 Å². The van der Waals surface area contributed by atoms with Gasteiger partial charge < -0.3 is 14.4 Å². The predicted molar refractivity (Wildman–Crippen MR) is 70.5 cm³/mol. The predicted octanol–water partition coefficient (Wildman–Crippen LogP) is 2.95. The zero-order valence-corrected chi connectivity index (χ0v) is 11.0. The van der Waals surface area contributed by atoms with Gasteiger partial charge in [0.15, 0.2) is 0 Å². The van der Waals surface area contributed by atoms with Gasteiger partial charge in [-0.3, -0.25) is 0 Å². The van der Waals surface area contributed by atoms with E-state index < -0.39 is 5.97 Å². The van der Waals surface area contributed by atoms with E-state index in [1.165, 1.54) is 0 Å². The van der Waals surface area contributed by atoms with Crippen LogP contribution in [0.2, 0.25) is 5.02 Å². The average Bonchev–Trinajstić information content (AvgIpc) is 2.65. The number of halogens is 1. The molecule has 1 heterocycles. The van der Waals surface area contributed by atoms with Gasteiger partial charge in [0, 0.05) is 30.3 Å². The Balaban J connectivity index is 2.68. The summed E-state index contributed by atoms with van der Waals surface area (Å²) in [5.41, 5.74) is 2.13. The molecule has 0 aliphatic rings. The van der Waals surface area contributed by atoms with Crippen molar-refractivity contribution in [3.63, 3.8) is 0 Å². The Labute approximate surface area is 110 Å². The van der Waals surface area contributed by atoms with Crippen LogP contribution in [0.15, 0.2) is 18.3 Å². The molecule has 0 aliphatic carbocycles. The summed E-state index contributed by atoms with van der Waals surface area (Å²) in [5, 5.41) is 10.4. The van der Waals surface area contributed by atoms with E-state index in [0.717, 1.165) is 11.1 Å². The number of nitrogens with zero attached hydrogens (tertiary/aromatic N) is 1. The SMILES string of the molecule is COCCn1cc(C(=O)O)c2cc(Cl)cc(C)c21. The molecule has 0 spiro atoms. The smallest absolute Gasteiger partial charge is 0.337 e. The van der Waals surface area contributed by atoms with Crippen molar-refractivity contribution in [1.29, 1.82) is 0 Å². The Hall–Kier alpha value is -1.52. The topological polar surface area (TPSA) is 51.5 Å². The maximum absolute atomic E-state index is 11.2. The first-order valence-electron chi connectivity index (χ1n) is 5.56. The zero-order chi connectivity index (χ0) is 13.3. The molecule has 1 aromatic heterocycles. The summed E-state index contributed by atoms with van der Waals surface area (Å²) in [7, 11) is 1.62. The largest absolute Gasteiger partial charge is 0.478 e. The number of aromatic nitrogens is 1. The number of hydrogen-bond donors (Lipinski definition) is 1. The molecule has 5 heteroatoms. The highest BCUT2D eigenvalue weighted by Crippen LogP contribution is 2.28. The van der Waals surface area contributed by atoms with Crippen LogP contribution in [0.5, 0.6) is 0 Å². The molecule has 0 bridgehead atoms. The number of hydrogen-bond acceptors (Lipinski definition) is 2. The number of carboxylic acids is 1. The molecule has 18 heavy (non-hydrogen) atoms. The normalized spacial score (nSPS) is 11.1. The summed E-state index contributed by atoms with van der Waals surface area (Å²) in [5.74, 6) is -0.946. The lowest BCUT2D eigenvalue weighted by Crippen LogP contribution is -2.03. The number of carboxylic acid groups (broad SMARTS) is 1. The maximum Gasteiger partial charge on any atom is 0.337 e. The fourth-order valence-electron chi connectivity index (χ4n) is 2.15. The second-order valence-corrected chi connectivity index (χ2v) is 4.59. The zero-order valence-electron chi connectivity index (χ0n) is 10.2. The van der Waals surface area contributed by atoms with Crippen LogP contribution in [-0.2, 0) is 11.3 Å². The summed E-state index contributed by atoms with van der Waals surface area (Å²) in [6.07, 6.45) is 1.63. The fraction of sp³-hybridized carbons (Fsp3) is 0.308. The summed E-state index contributed by atoms with van der Waals surface area (Å²) in [6, 6.07) is 3.52. The third kappa shape index (κ3) is 2.21. The third-order valence-corrected chi connectivity index (χ3v) is 3.11. The van der Waals surface area contributed by atoms with Gasteiger partial charge in [0.25, 0.3) is 0 Å². The number of methoxy groups -OCH3 is 1. The first kappa shape index (κ1) is 12.9. The van der Waals surface area contributed by atoms with Crippen LogP contribution in [0.4, 0.5) is 0 Å². The first-order chi connectivity index (χ1) is 8.54. The van der Waals surface area contributed by atoms with Gasteiger partial charge >= 0.3 is 5.97 Å². The van der Waals surface area contributed by atoms with Crippen molar-refractivity contribution in [3.8, 4) is 0 Å². The van der Waals surface area contributed by atoms with Crippen LogP contribution in [-0.4, -0.2) is 29.4 Å². The lowest BCUT2D eigenvalue weighted by Gasteiger charge is -2.06. The molecule has 4 nitrogen and oxygen atoms in total. The standard InChI is InChI=1S/C13H14ClNO3/c1-8-5-9(14)6-10-11(13(16)17)7-15(12(8)10)3-4-18-2/h5-7H,3-4H2,1-2H3,(H,16,17). The van der Waals surface area contributed by atoms with Gasteiger partial charge in [0.05, 0.1) is 17.7 Å². The number of benzene rings is 1. The second-order valence-electron chi connectivity index (χ2n) is 4.15. The van der Waals surface area contributed by atoms with Gasteiger partial charge in [-0.05, 0) is 24.6 Å². The molecule has 0 fully saturated rings. The fourth-order valence-corrected chi connectivity index (χ4v) is 2.42. The first-order valence-corrected chi connectivity index (χ1v) is 5.93. The molecule has 0 aliphatic heterocycles. The highest BCUT2D eigenvalue weighted by molar-refractivity contribution is 6.31. The Bertz CT molecular complexity index is 604. The molecule has 96 valence electrons. The second kappa shape index (κ2) is 5.00. The number of fused-ring (bicyclic) bond motifs is 1. The van der Waals surface area contributed by atoms with E-state index in [4.69, 9.17) is 16.3 Å². The summed E-state index contributed by atoms with van der Waals surface area (Å²) in [6.45, 7) is 3.07. The maximum atomic E-state index is 11.2. The molecule has 0 amide bonds. The van der Waals surface area contributed by atoms with E-state index in [0.29, 0.717) is 23.6 Å². The lowest BCUT2D eigenvalue weighted by molar-refractivity contribution is 0.0698. The van der Waals surface area contributed by atoms with Crippen molar-refractivity contribution >= 4 is 28.5 Å². The molecular weight excluding hydrogens is 254 g/mol. The Kier molecular flexibility index (Phi) is 3.59. The average molecular weight is 268 g/mol. The number of aromatic carboxylic acids is 1. The Morgan fingerprint density at radius 2 is 2.22 bits per heavy atom. The van der Waals surface area contributed by atoms with Gasteiger partial charge in [-0.2, -0.15) is 0 Å². The molecule has 0 radical (unpaired) electrons. The highest BCUT2D eigenvalue weighted by atomic mass is 35.5. The minimum absolute atomic E-state index is 0.270. The molecular formula is C13H14ClNO3. The van der Waals surface area contributed by atoms with E-state index in [-0.39, 0.29) is 5.56 Å². The minimum atomic E-state index is -0.946. The molecule has 0 atom stereocenters. The van der Waals surface area contributed by atoms with Gasteiger partial charge in [0.1, 0.15) is 0 Å². The van der Waals surface area contributed by atoms with Gasteiger partial charge in [-0.15, -0.1) is 0 Å². The molecule has 2 rings (SSSR count). The van der Waals surface area contributed by atoms with Crippen LogP contribution in [0.1, 0.15) is 15.9 Å². The van der Waals surface area contributed by atoms with E-state index in [2.05, 4.69) is 0 Å². The molecule has 2 aromatic rings. The third-order valence-electron chi connectivity index (χ3n) is 2.89. The minimum Gasteiger partial charge on any atom is -0.478 e. The van der Waals surface area contributed by atoms with E-state index >= 15 is 0 Å². The van der Waals surface area contributed by atoms with Gasteiger partial charge in [0.2, 0.25) is 0 Å². The molecule has 1 N–H and O–H groups in total. The van der Waals surface area contributed by atoms with Crippen molar-refractivity contribution < 1.29 is 14.6 Å². The van der Waals surface area contributed by atoms with Gasteiger partial charge in [-0.25, -0.2) is 4.79 Å². The van der Waals surface area contributed by atoms with Crippen LogP contribution in [0, 0.1) is 6.92 Å². The number of rotatable bonds is 4. The van der Waals surface area contributed by atoms with Crippen molar-refractivity contribution in [1.82, 2.24) is 4.57 Å². The number of ether oxygens (including phenoxy) is 1. The van der Waals surface area contributed by atoms with Crippen LogP contribution in [0.25, 0.3) is 10.9 Å². The van der Waals surface area contributed by atoms with Crippen molar-refractivity contribution in [3.05, 3.63) is 34.5 Å². The lowest BCUT2D eigenvalue weighted by atomic mass is 10.1. The molecule has 0 unspecified atom stereocenters. The monoisotopic (exact) mass is 267 g/mol. The van der Waals surface area contributed by atoms with Crippen LogP contribution >= 0.6 is 11.6 Å². The van der Waals surface area contributed by atoms with E-state index in [1.54, 1.807) is 19.4 Å². The van der Waals surface area contributed by atoms with Crippen molar-refractivity contribution in [2.24, 2.45) is 0 Å². The Morgan fingerprint density at radius 1 is 1.50 bits per heavy atom. The molecule has 1 aromatic carbocycles. The molecule has 0 saturated carbocycles. The van der Waals surface area contributed by atoms with E-state index in [9.17, 15) is 9.90 Å². The van der Waals surface area contributed by atoms with Crippen molar-refractivity contribution in [2.45, 2.75) is 13.5 Å². The number of carbonyl (C=O) groups is 1. The quantitative estimate of drug-likeness (QED) is 0.927.